The van der Waals surface area contributed by atoms with Crippen LogP contribution in [0, 0.1) is 0 Å². The van der Waals surface area contributed by atoms with Crippen LogP contribution in [0.15, 0.2) is 0 Å². The first-order valence-electron chi connectivity index (χ1n) is 6.16. The zero-order chi connectivity index (χ0) is 10.7. The molecule has 0 bridgehead atoms. The van der Waals surface area contributed by atoms with Crippen LogP contribution in [0.2, 0.25) is 0 Å². The molecule has 0 aromatic heterocycles. The number of hydrogen-bond donors (Lipinski definition) is 1. The third-order valence-corrected chi connectivity index (χ3v) is 3.23. The Hall–Kier alpha value is -0.120. The molecule has 2 aliphatic rings. The van der Waals surface area contributed by atoms with Crippen molar-refractivity contribution in [1.29, 1.82) is 0 Å². The number of hydrogen-bond acceptors (Lipinski definition) is 3. The van der Waals surface area contributed by atoms with Crippen LogP contribution in [0.1, 0.15) is 39.5 Å². The first-order valence-corrected chi connectivity index (χ1v) is 6.16. The lowest BCUT2D eigenvalue weighted by Gasteiger charge is -2.36. The van der Waals surface area contributed by atoms with Crippen molar-refractivity contribution >= 4 is 0 Å². The monoisotopic (exact) mass is 213 g/mol. The molecule has 0 aromatic rings. The summed E-state index contributed by atoms with van der Waals surface area (Å²) in [6.45, 7) is 6.87. The van der Waals surface area contributed by atoms with E-state index in [1.165, 1.54) is 25.7 Å². The molecule has 88 valence electrons. The van der Waals surface area contributed by atoms with Gasteiger partial charge in [-0.15, -0.1) is 0 Å². The maximum Gasteiger partial charge on any atom is 0.0940 e. The minimum absolute atomic E-state index is 0.0397. The first kappa shape index (κ1) is 11.4. The van der Waals surface area contributed by atoms with Gasteiger partial charge in [0.05, 0.1) is 24.4 Å². The van der Waals surface area contributed by atoms with E-state index in [-0.39, 0.29) is 11.7 Å². The highest BCUT2D eigenvalue weighted by molar-refractivity contribution is 4.81. The Morgan fingerprint density at radius 1 is 1.33 bits per heavy atom. The van der Waals surface area contributed by atoms with Crippen LogP contribution in [0.5, 0.6) is 0 Å². The van der Waals surface area contributed by atoms with Gasteiger partial charge in [0.1, 0.15) is 0 Å². The number of nitrogens with one attached hydrogen (secondary N) is 1. The van der Waals surface area contributed by atoms with Gasteiger partial charge in [-0.2, -0.15) is 0 Å². The summed E-state index contributed by atoms with van der Waals surface area (Å²) in [7, 11) is 0. The van der Waals surface area contributed by atoms with E-state index < -0.39 is 0 Å². The van der Waals surface area contributed by atoms with Crippen LogP contribution in [0.25, 0.3) is 0 Å². The summed E-state index contributed by atoms with van der Waals surface area (Å²) in [4.78, 5) is 0. The molecule has 2 rings (SSSR count). The van der Waals surface area contributed by atoms with Gasteiger partial charge in [-0.25, -0.2) is 0 Å². The van der Waals surface area contributed by atoms with E-state index in [0.29, 0.717) is 6.10 Å². The van der Waals surface area contributed by atoms with Crippen molar-refractivity contribution in [2.45, 2.75) is 57.3 Å². The van der Waals surface area contributed by atoms with Crippen molar-refractivity contribution in [3.05, 3.63) is 0 Å². The average molecular weight is 213 g/mol. The molecule has 0 spiro atoms. The summed E-state index contributed by atoms with van der Waals surface area (Å²) in [5, 5.41) is 3.40. The lowest BCUT2D eigenvalue weighted by Crippen LogP contribution is -2.52. The summed E-state index contributed by atoms with van der Waals surface area (Å²) >= 11 is 0. The normalized spacial score (nSPS) is 32.0. The van der Waals surface area contributed by atoms with Gasteiger partial charge in [0.25, 0.3) is 0 Å². The molecule has 0 amide bonds. The molecule has 15 heavy (non-hydrogen) atoms. The summed E-state index contributed by atoms with van der Waals surface area (Å²) in [5.41, 5.74) is -0.0397. The van der Waals surface area contributed by atoms with Crippen LogP contribution >= 0.6 is 0 Å². The molecule has 1 saturated heterocycles. The molecular weight excluding hydrogens is 190 g/mol. The Kier molecular flexibility index (Phi) is 3.65. The van der Waals surface area contributed by atoms with Gasteiger partial charge >= 0.3 is 0 Å². The van der Waals surface area contributed by atoms with Gasteiger partial charge in [-0.3, -0.25) is 0 Å². The standard InChI is InChI=1S/C12H23NO2/c1-12(2)9-13-7-11(15-12)8-14-10-5-3-4-6-10/h10-11,13H,3-9H2,1-2H3. The maximum atomic E-state index is 5.95. The van der Waals surface area contributed by atoms with E-state index in [0.717, 1.165) is 19.7 Å². The highest BCUT2D eigenvalue weighted by Gasteiger charge is 2.29. The van der Waals surface area contributed by atoms with Gasteiger partial charge < -0.3 is 14.8 Å². The lowest BCUT2D eigenvalue weighted by molar-refractivity contribution is -0.128. The van der Waals surface area contributed by atoms with E-state index in [2.05, 4.69) is 19.2 Å². The van der Waals surface area contributed by atoms with Gasteiger partial charge in [0.2, 0.25) is 0 Å². The Morgan fingerprint density at radius 3 is 2.73 bits per heavy atom. The van der Waals surface area contributed by atoms with Crippen molar-refractivity contribution in [2.24, 2.45) is 0 Å². The summed E-state index contributed by atoms with van der Waals surface area (Å²) in [5.74, 6) is 0. The fourth-order valence-corrected chi connectivity index (χ4v) is 2.46. The van der Waals surface area contributed by atoms with Crippen molar-refractivity contribution < 1.29 is 9.47 Å². The van der Waals surface area contributed by atoms with Crippen molar-refractivity contribution in [3.8, 4) is 0 Å². The second-order valence-corrected chi connectivity index (χ2v) is 5.37. The fraction of sp³-hybridized carbons (Fsp3) is 1.00. The first-order chi connectivity index (χ1) is 7.16. The second kappa shape index (κ2) is 4.81. The maximum absolute atomic E-state index is 5.95. The quantitative estimate of drug-likeness (QED) is 0.774. The molecule has 3 heteroatoms. The molecule has 3 nitrogen and oxygen atoms in total. The summed E-state index contributed by atoms with van der Waals surface area (Å²) in [6.07, 6.45) is 5.88. The smallest absolute Gasteiger partial charge is 0.0940 e. The molecule has 1 atom stereocenters. The summed E-state index contributed by atoms with van der Waals surface area (Å²) < 4.78 is 11.8. The van der Waals surface area contributed by atoms with Gasteiger partial charge in [0, 0.05) is 13.1 Å². The highest BCUT2D eigenvalue weighted by atomic mass is 16.6. The number of rotatable bonds is 3. The minimum atomic E-state index is -0.0397. The van der Waals surface area contributed by atoms with Crippen LogP contribution in [-0.2, 0) is 9.47 Å². The van der Waals surface area contributed by atoms with E-state index in [9.17, 15) is 0 Å². The third-order valence-electron chi connectivity index (χ3n) is 3.23. The van der Waals surface area contributed by atoms with E-state index >= 15 is 0 Å². The Morgan fingerprint density at radius 2 is 2.07 bits per heavy atom. The molecule has 0 radical (unpaired) electrons. The number of ether oxygens (including phenoxy) is 2. The minimum Gasteiger partial charge on any atom is -0.375 e. The van der Waals surface area contributed by atoms with Gasteiger partial charge in [-0.1, -0.05) is 12.8 Å². The van der Waals surface area contributed by atoms with Gasteiger partial charge in [0.15, 0.2) is 0 Å². The molecule has 1 aliphatic heterocycles. The molecular formula is C12H23NO2. The molecule has 2 fully saturated rings. The van der Waals surface area contributed by atoms with Crippen LogP contribution in [0.3, 0.4) is 0 Å². The van der Waals surface area contributed by atoms with Gasteiger partial charge in [-0.05, 0) is 26.7 Å². The molecule has 1 N–H and O–H groups in total. The predicted octanol–water partition coefficient (Wildman–Crippen LogP) is 1.71. The van der Waals surface area contributed by atoms with E-state index in [1.807, 2.05) is 0 Å². The molecule has 1 aliphatic carbocycles. The molecule has 0 aromatic carbocycles. The Balaban J connectivity index is 1.69. The second-order valence-electron chi connectivity index (χ2n) is 5.37. The van der Waals surface area contributed by atoms with Crippen molar-refractivity contribution in [1.82, 2.24) is 5.32 Å². The third kappa shape index (κ3) is 3.44. The SMILES string of the molecule is CC1(C)CNCC(COC2CCCC2)O1. The average Bonchev–Trinajstić information content (AvgIpc) is 2.65. The van der Waals surface area contributed by atoms with E-state index in [1.54, 1.807) is 0 Å². The Labute approximate surface area is 92.5 Å². The Bertz CT molecular complexity index is 200. The predicted molar refractivity (Wildman–Crippen MR) is 60.0 cm³/mol. The van der Waals surface area contributed by atoms with Crippen molar-refractivity contribution in [3.63, 3.8) is 0 Å². The summed E-state index contributed by atoms with van der Waals surface area (Å²) in [6, 6.07) is 0. The molecule has 1 unspecified atom stereocenters. The van der Waals surface area contributed by atoms with Crippen LogP contribution in [-0.4, -0.2) is 37.5 Å². The zero-order valence-corrected chi connectivity index (χ0v) is 9.92. The highest BCUT2D eigenvalue weighted by Crippen LogP contribution is 2.22. The topological polar surface area (TPSA) is 30.5 Å². The largest absolute Gasteiger partial charge is 0.375 e. The van der Waals surface area contributed by atoms with Crippen LogP contribution < -0.4 is 5.32 Å². The van der Waals surface area contributed by atoms with Crippen LogP contribution in [0.4, 0.5) is 0 Å². The zero-order valence-electron chi connectivity index (χ0n) is 9.92. The van der Waals surface area contributed by atoms with E-state index in [4.69, 9.17) is 9.47 Å². The molecule has 1 heterocycles. The number of morpholine rings is 1. The van der Waals surface area contributed by atoms with Crippen molar-refractivity contribution in [2.75, 3.05) is 19.7 Å². The molecule has 1 saturated carbocycles. The fourth-order valence-electron chi connectivity index (χ4n) is 2.46. The lowest BCUT2D eigenvalue weighted by atomic mass is 10.1.